The van der Waals surface area contributed by atoms with E-state index in [1.54, 1.807) is 26.0 Å². The Labute approximate surface area is 335 Å². The molecule has 0 bridgehead atoms. The molecule has 6 atom stereocenters. The van der Waals surface area contributed by atoms with Crippen molar-refractivity contribution in [3.63, 3.8) is 0 Å². The molecule has 6 aliphatic carbocycles. The van der Waals surface area contributed by atoms with Crippen LogP contribution in [0.2, 0.25) is 19.6 Å². The number of allylic oxidation sites excluding steroid dienone is 10. The molecule has 10 nitrogen and oxygen atoms in total. The summed E-state index contributed by atoms with van der Waals surface area (Å²) in [6, 6.07) is 3.91. The van der Waals surface area contributed by atoms with Crippen LogP contribution in [-0.2, 0) is 33.5 Å². The first-order chi connectivity index (χ1) is 26.2. The molecule has 6 rings (SSSR count). The lowest BCUT2D eigenvalue weighted by molar-refractivity contribution is -0.143. The molecule has 11 heteroatoms. The minimum atomic E-state index is -1.75. The van der Waals surface area contributed by atoms with Gasteiger partial charge in [-0.2, -0.15) is 10.5 Å². The summed E-state index contributed by atoms with van der Waals surface area (Å²) in [5.74, 6) is 2.50. The molecule has 2 fully saturated rings. The highest BCUT2D eigenvalue weighted by atomic mass is 28.3. The van der Waals surface area contributed by atoms with Crippen LogP contribution in [0.15, 0.2) is 69.9 Å². The second-order valence-corrected chi connectivity index (χ2v) is 23.3. The lowest BCUT2D eigenvalue weighted by atomic mass is 9.45. The van der Waals surface area contributed by atoms with Gasteiger partial charge in [0.1, 0.15) is 25.8 Å². The van der Waals surface area contributed by atoms with Gasteiger partial charge in [-0.05, 0) is 73.0 Å². The summed E-state index contributed by atoms with van der Waals surface area (Å²) in [5, 5.41) is 28.3. The molecule has 0 heterocycles. The van der Waals surface area contributed by atoms with Gasteiger partial charge in [0.15, 0.2) is 23.1 Å². The Morgan fingerprint density at radius 2 is 1.18 bits per heavy atom. The molecule has 0 radical (unpaired) electrons. The van der Waals surface area contributed by atoms with E-state index in [-0.39, 0.29) is 45.7 Å². The van der Waals surface area contributed by atoms with Gasteiger partial charge >= 0.3 is 11.9 Å². The van der Waals surface area contributed by atoms with Gasteiger partial charge in [0.05, 0.1) is 34.7 Å². The van der Waals surface area contributed by atoms with Crippen molar-refractivity contribution in [1.29, 1.82) is 10.5 Å². The number of methoxy groups -OCH3 is 1. The van der Waals surface area contributed by atoms with E-state index >= 15 is 0 Å². The third-order valence-electron chi connectivity index (χ3n) is 13.2. The summed E-state index contributed by atoms with van der Waals surface area (Å²) in [4.78, 5) is 75.1. The van der Waals surface area contributed by atoms with Gasteiger partial charge in [-0.3, -0.25) is 19.2 Å². The fourth-order valence-electron chi connectivity index (χ4n) is 10.4. The van der Waals surface area contributed by atoms with Crippen molar-refractivity contribution in [3.8, 4) is 35.9 Å². The van der Waals surface area contributed by atoms with Crippen molar-refractivity contribution in [3.05, 3.63) is 69.9 Å². The zero-order valence-corrected chi connectivity index (χ0v) is 35.2. The van der Waals surface area contributed by atoms with E-state index in [9.17, 15) is 44.4 Å². The maximum Gasteiger partial charge on any atom is 0.341 e. The van der Waals surface area contributed by atoms with Gasteiger partial charge in [0, 0.05) is 21.7 Å². The average Bonchev–Trinajstić information content (AvgIpc) is 3.13. The number of hydrogen-bond donors (Lipinski definition) is 1. The SMILES string of the molecule is C#C[C@]12C=C(C#N)C(=O)C=C1[C@@]1(C)C=C(C(=O)O)C(=O)C(C)(C)[C@@H]1CC2.COC(=O)C1=C[C@]2(C)C3=CC(=O)C(C#N)=C[C@]3(C#C[Si](C)(C)C)CC[C@H]2C(C)(C)C1=O. The number of hydrogen-bond acceptors (Lipinski definition) is 9. The summed E-state index contributed by atoms with van der Waals surface area (Å²) < 4.78 is 4.90. The highest BCUT2D eigenvalue weighted by Crippen LogP contribution is 2.65. The molecule has 0 saturated heterocycles. The van der Waals surface area contributed by atoms with Gasteiger partial charge in [0.2, 0.25) is 0 Å². The first-order valence-electron chi connectivity index (χ1n) is 18.9. The topological polar surface area (TPSA) is 179 Å². The lowest BCUT2D eigenvalue weighted by Gasteiger charge is -2.56. The van der Waals surface area contributed by atoms with Crippen molar-refractivity contribution in [2.45, 2.75) is 86.9 Å². The molecular weight excluding hydrogens is 737 g/mol. The van der Waals surface area contributed by atoms with Crippen LogP contribution in [0.25, 0.3) is 0 Å². The second kappa shape index (κ2) is 13.8. The van der Waals surface area contributed by atoms with Crippen LogP contribution < -0.4 is 0 Å². The van der Waals surface area contributed by atoms with Crippen LogP contribution in [0, 0.1) is 90.8 Å². The third-order valence-corrected chi connectivity index (χ3v) is 14.0. The standard InChI is InChI=1S/C25H29NO4Si.C21H19NO4/c1-23(2)19-8-9-25(10-11-31(5,6)7)13-16(15-26)18(27)12-20(25)24(19,3)14-17(21(23)28)22(29)30-4;1-5-21-7-6-15-19(2,3)17(24)13(18(25)26)10-20(15,4)16(21)8-14(23)12(9-21)11-22/h12-14,19H,8-9H2,1-7H3;1,8-10,15H,6-7H2,2-4H3,(H,25,26)/t19-,24-,25+;15-,20-,21-/m00/s1. The van der Waals surface area contributed by atoms with Crippen LogP contribution in [0.5, 0.6) is 0 Å². The Morgan fingerprint density at radius 1 is 0.754 bits per heavy atom. The number of ether oxygens (including phenoxy) is 1. The van der Waals surface area contributed by atoms with Crippen LogP contribution in [-0.4, -0.2) is 55.4 Å². The summed E-state index contributed by atoms with van der Waals surface area (Å²) in [6.45, 7) is 17.5. The number of nitrogens with zero attached hydrogens (tertiary/aromatic N) is 2. The van der Waals surface area contributed by atoms with Crippen molar-refractivity contribution in [1.82, 2.24) is 0 Å². The van der Waals surface area contributed by atoms with E-state index in [4.69, 9.17) is 11.2 Å². The van der Waals surface area contributed by atoms with E-state index in [1.807, 2.05) is 39.8 Å². The summed E-state index contributed by atoms with van der Waals surface area (Å²) in [7, 11) is -0.488. The van der Waals surface area contributed by atoms with Crippen molar-refractivity contribution >= 4 is 43.1 Å². The maximum absolute atomic E-state index is 13.2. The molecular formula is C46H48N2O8Si. The number of Topliss-reactive ketones (excluding diaryl/α,β-unsaturated/α-hetero) is 2. The monoisotopic (exact) mass is 784 g/mol. The number of rotatable bonds is 2. The molecule has 0 aromatic rings. The second-order valence-electron chi connectivity index (χ2n) is 18.5. The van der Waals surface area contributed by atoms with Crippen LogP contribution in [0.1, 0.15) is 67.2 Å². The number of nitriles is 2. The molecule has 294 valence electrons. The molecule has 57 heavy (non-hydrogen) atoms. The Morgan fingerprint density at radius 3 is 1.60 bits per heavy atom. The van der Waals surface area contributed by atoms with Gasteiger partial charge in [-0.25, -0.2) is 9.59 Å². The number of carbonyl (C=O) groups is 6. The van der Waals surface area contributed by atoms with Crippen molar-refractivity contribution in [2.75, 3.05) is 7.11 Å². The zero-order valence-electron chi connectivity index (χ0n) is 34.2. The van der Waals surface area contributed by atoms with Crippen LogP contribution in [0.3, 0.4) is 0 Å². The maximum atomic E-state index is 13.2. The predicted molar refractivity (Wildman–Crippen MR) is 213 cm³/mol. The van der Waals surface area contributed by atoms with E-state index < -0.39 is 64.1 Å². The number of terminal acetylenes is 1. The minimum absolute atomic E-state index is 0.00216. The number of ketones is 4. The summed E-state index contributed by atoms with van der Waals surface area (Å²) in [5.41, 5.74) is -0.352. The van der Waals surface area contributed by atoms with E-state index in [1.165, 1.54) is 31.4 Å². The Hall–Kier alpha value is -5.62. The Kier molecular flexibility index (Phi) is 10.3. The number of carboxylic acid groups (broad SMARTS) is 1. The lowest BCUT2D eigenvalue weighted by Crippen LogP contribution is -2.54. The molecule has 0 unspecified atom stereocenters. The molecule has 6 aliphatic rings. The molecule has 0 amide bonds. The van der Waals surface area contributed by atoms with Gasteiger partial charge < -0.3 is 9.84 Å². The summed E-state index contributed by atoms with van der Waals surface area (Å²) in [6.07, 6.45) is 17.5. The van der Waals surface area contributed by atoms with E-state index in [0.717, 1.165) is 5.57 Å². The largest absolute Gasteiger partial charge is 0.478 e. The van der Waals surface area contributed by atoms with Crippen molar-refractivity contribution in [2.24, 2.45) is 44.3 Å². The minimum Gasteiger partial charge on any atom is -0.478 e. The number of carboxylic acids is 1. The fraction of sp³-hybridized carbons (Fsp3) is 0.478. The van der Waals surface area contributed by atoms with Crippen molar-refractivity contribution < 1.29 is 38.6 Å². The molecule has 0 spiro atoms. The highest BCUT2D eigenvalue weighted by Gasteiger charge is 2.62. The number of esters is 1. The van der Waals surface area contributed by atoms with E-state index in [0.29, 0.717) is 31.3 Å². The Balaban J connectivity index is 0.000000221. The number of fused-ring (bicyclic) bond motifs is 6. The first-order valence-corrected chi connectivity index (χ1v) is 22.4. The number of carbonyl (C=O) groups excluding carboxylic acids is 5. The molecule has 0 aliphatic heterocycles. The third kappa shape index (κ3) is 6.53. The van der Waals surface area contributed by atoms with Gasteiger partial charge in [0.25, 0.3) is 0 Å². The van der Waals surface area contributed by atoms with Gasteiger partial charge in [-0.1, -0.05) is 85.2 Å². The quantitative estimate of drug-likeness (QED) is 0.140. The molecule has 1 N–H and O–H groups in total. The normalized spacial score (nSPS) is 33.1. The highest BCUT2D eigenvalue weighted by molar-refractivity contribution is 6.83. The molecule has 0 aromatic heterocycles. The van der Waals surface area contributed by atoms with Crippen LogP contribution >= 0.6 is 0 Å². The van der Waals surface area contributed by atoms with Crippen LogP contribution in [0.4, 0.5) is 0 Å². The summed E-state index contributed by atoms with van der Waals surface area (Å²) >= 11 is 0. The fourth-order valence-corrected chi connectivity index (χ4v) is 11.0. The molecule has 0 aromatic carbocycles. The molecule has 2 saturated carbocycles. The smallest absolute Gasteiger partial charge is 0.341 e. The van der Waals surface area contributed by atoms with Gasteiger partial charge in [-0.15, -0.1) is 12.0 Å². The zero-order chi connectivity index (χ0) is 42.9. The predicted octanol–water partition coefficient (Wildman–Crippen LogP) is 6.54. The average molecular weight is 785 g/mol. The Bertz CT molecular complexity index is 2350. The first kappa shape index (κ1) is 42.5. The number of aliphatic carboxylic acids is 1. The van der Waals surface area contributed by atoms with E-state index in [2.05, 4.69) is 37.0 Å².